The second kappa shape index (κ2) is 6.53. The summed E-state index contributed by atoms with van der Waals surface area (Å²) in [7, 11) is -3.76. The lowest BCUT2D eigenvalue weighted by molar-refractivity contribution is -0.118. The van der Waals surface area contributed by atoms with E-state index in [1.165, 1.54) is 6.07 Å². The van der Waals surface area contributed by atoms with Gasteiger partial charge in [-0.25, -0.2) is 8.42 Å². The minimum atomic E-state index is -3.76. The minimum absolute atomic E-state index is 0.0769. The fourth-order valence-electron chi connectivity index (χ4n) is 1.41. The first-order valence-corrected chi connectivity index (χ1v) is 8.80. The molecule has 0 radical (unpaired) electrons. The van der Waals surface area contributed by atoms with E-state index in [0.29, 0.717) is 8.81 Å². The lowest BCUT2D eigenvalue weighted by Crippen LogP contribution is -2.40. The van der Waals surface area contributed by atoms with Crippen molar-refractivity contribution < 1.29 is 13.2 Å². The predicted molar refractivity (Wildman–Crippen MR) is 79.8 cm³/mol. The number of carbonyl (C=O) groups is 1. The van der Waals surface area contributed by atoms with Gasteiger partial charge < -0.3 is 5.73 Å². The fraction of sp³-hybridized carbons (Fsp3) is 0.500. The van der Waals surface area contributed by atoms with Gasteiger partial charge in [0.2, 0.25) is 5.91 Å². The number of thiophene rings is 1. The number of hydrogen-bond donors (Lipinski definition) is 1. The van der Waals surface area contributed by atoms with Gasteiger partial charge in [-0.1, -0.05) is 25.4 Å². The second-order valence-electron chi connectivity index (χ2n) is 4.34. The summed E-state index contributed by atoms with van der Waals surface area (Å²) in [6.07, 6.45) is 0. The Balaban J connectivity index is 3.14. The molecule has 1 heterocycles. The Labute approximate surface area is 129 Å². The Morgan fingerprint density at radius 1 is 1.58 bits per heavy atom. The summed E-state index contributed by atoms with van der Waals surface area (Å²) in [6, 6.07) is 1.36. The largest absolute Gasteiger partial charge is 0.369 e. The summed E-state index contributed by atoms with van der Waals surface area (Å²) in [5.74, 6) is -0.612. The summed E-state index contributed by atoms with van der Waals surface area (Å²) in [5, 5.41) is 0.326. The molecule has 9 heteroatoms. The third-order valence-electron chi connectivity index (χ3n) is 2.12. The summed E-state index contributed by atoms with van der Waals surface area (Å²) in [6.45, 7) is 3.60. The monoisotopic (exact) mass is 388 g/mol. The molecule has 0 aliphatic rings. The van der Waals surface area contributed by atoms with E-state index in [1.807, 2.05) is 13.8 Å². The maximum Gasteiger partial charge on any atom is 0.253 e. The molecule has 1 aromatic rings. The molecule has 1 rings (SSSR count). The van der Waals surface area contributed by atoms with E-state index in [0.717, 1.165) is 15.6 Å². The van der Waals surface area contributed by atoms with E-state index in [4.69, 9.17) is 17.3 Å². The Morgan fingerprint density at radius 2 is 2.16 bits per heavy atom. The van der Waals surface area contributed by atoms with Crippen LogP contribution in [-0.2, 0) is 14.8 Å². The van der Waals surface area contributed by atoms with Crippen LogP contribution in [0.15, 0.2) is 14.1 Å². The van der Waals surface area contributed by atoms with E-state index >= 15 is 0 Å². The van der Waals surface area contributed by atoms with Crippen molar-refractivity contribution in [1.29, 1.82) is 0 Å². The maximum absolute atomic E-state index is 12.4. The zero-order valence-electron chi connectivity index (χ0n) is 10.4. The Hall–Kier alpha value is -0.150. The molecule has 0 spiro atoms. The molecule has 5 nitrogen and oxygen atoms in total. The van der Waals surface area contributed by atoms with Gasteiger partial charge in [-0.05, 0) is 27.9 Å². The fourth-order valence-corrected chi connectivity index (χ4v) is 5.53. The van der Waals surface area contributed by atoms with E-state index < -0.39 is 15.9 Å². The average molecular weight is 390 g/mol. The number of nitrogens with zero attached hydrogens (tertiary/aromatic N) is 1. The number of amides is 1. The van der Waals surface area contributed by atoms with Crippen LogP contribution in [0.5, 0.6) is 0 Å². The average Bonchev–Trinajstić information content (AvgIpc) is 2.57. The van der Waals surface area contributed by atoms with Gasteiger partial charge in [0.1, 0.15) is 4.21 Å². The van der Waals surface area contributed by atoms with Gasteiger partial charge in [0.15, 0.2) is 0 Å². The van der Waals surface area contributed by atoms with Gasteiger partial charge in [-0.3, -0.25) is 4.79 Å². The van der Waals surface area contributed by atoms with Gasteiger partial charge >= 0.3 is 0 Å². The normalized spacial score (nSPS) is 12.3. The third kappa shape index (κ3) is 4.42. The van der Waals surface area contributed by atoms with Crippen LogP contribution in [0.25, 0.3) is 0 Å². The molecule has 1 aromatic heterocycles. The molecule has 0 aliphatic carbocycles. The number of primary amides is 1. The Kier molecular flexibility index (Phi) is 5.81. The molecule has 0 saturated carbocycles. The van der Waals surface area contributed by atoms with Gasteiger partial charge in [0, 0.05) is 6.54 Å². The van der Waals surface area contributed by atoms with Crippen LogP contribution in [0.3, 0.4) is 0 Å². The second-order valence-corrected chi connectivity index (χ2v) is 9.29. The summed E-state index contributed by atoms with van der Waals surface area (Å²) >= 11 is 10.0. The zero-order valence-corrected chi connectivity index (χ0v) is 14.4. The molecule has 1 amide bonds. The zero-order chi connectivity index (χ0) is 14.8. The van der Waals surface area contributed by atoms with E-state index in [-0.39, 0.29) is 23.2 Å². The molecule has 108 valence electrons. The molecule has 2 N–H and O–H groups in total. The predicted octanol–water partition coefficient (Wildman–Crippen LogP) is 2.30. The molecule has 0 saturated heterocycles. The smallest absolute Gasteiger partial charge is 0.253 e. The number of sulfonamides is 1. The molecule has 0 aliphatic heterocycles. The van der Waals surface area contributed by atoms with Crippen molar-refractivity contribution in [2.24, 2.45) is 11.7 Å². The van der Waals surface area contributed by atoms with Crippen LogP contribution >= 0.6 is 38.9 Å². The Morgan fingerprint density at radius 3 is 2.53 bits per heavy atom. The van der Waals surface area contributed by atoms with Gasteiger partial charge in [-0.2, -0.15) is 4.31 Å². The van der Waals surface area contributed by atoms with Crippen molar-refractivity contribution in [3.05, 3.63) is 14.9 Å². The van der Waals surface area contributed by atoms with Gasteiger partial charge in [0.25, 0.3) is 10.0 Å². The first-order chi connectivity index (χ1) is 8.64. The van der Waals surface area contributed by atoms with Crippen molar-refractivity contribution in [3.63, 3.8) is 0 Å². The number of nitrogens with two attached hydrogens (primary N) is 1. The number of halogens is 2. The van der Waals surface area contributed by atoms with Crippen molar-refractivity contribution in [3.8, 4) is 0 Å². The standard InChI is InChI=1S/C10H14BrClN2O3S2/c1-6(2)4-14(5-8(13)15)19(16,17)9-3-7(12)10(11)18-9/h3,6H,4-5H2,1-2H3,(H2,13,15). The summed E-state index contributed by atoms with van der Waals surface area (Å²) < 4.78 is 26.5. The van der Waals surface area contributed by atoms with E-state index in [2.05, 4.69) is 15.9 Å². The van der Waals surface area contributed by atoms with E-state index in [9.17, 15) is 13.2 Å². The van der Waals surface area contributed by atoms with Gasteiger partial charge in [0.05, 0.1) is 15.4 Å². The molecule has 0 aromatic carbocycles. The summed E-state index contributed by atoms with van der Waals surface area (Å²) in [4.78, 5) is 11.0. The SMILES string of the molecule is CC(C)CN(CC(N)=O)S(=O)(=O)c1cc(Cl)c(Br)s1. The molecular weight excluding hydrogens is 376 g/mol. The minimum Gasteiger partial charge on any atom is -0.369 e. The quantitative estimate of drug-likeness (QED) is 0.810. The third-order valence-corrected chi connectivity index (χ3v) is 6.85. The van der Waals surface area contributed by atoms with Crippen LogP contribution in [0, 0.1) is 5.92 Å². The van der Waals surface area contributed by atoms with Crippen molar-refractivity contribution >= 4 is 54.8 Å². The highest BCUT2D eigenvalue weighted by Gasteiger charge is 2.28. The molecule has 0 unspecified atom stereocenters. The lowest BCUT2D eigenvalue weighted by Gasteiger charge is -2.21. The Bertz CT molecular complexity index is 552. The summed E-state index contributed by atoms with van der Waals surface area (Å²) in [5.41, 5.74) is 5.10. The first kappa shape index (κ1) is 16.9. The molecule has 19 heavy (non-hydrogen) atoms. The van der Waals surface area contributed by atoms with E-state index in [1.54, 1.807) is 0 Å². The highest BCUT2D eigenvalue weighted by Crippen LogP contribution is 2.36. The van der Waals surface area contributed by atoms with Crippen LogP contribution in [0.4, 0.5) is 0 Å². The molecule has 0 fully saturated rings. The first-order valence-electron chi connectivity index (χ1n) is 5.38. The van der Waals surface area contributed by atoms with Crippen molar-refractivity contribution in [1.82, 2.24) is 4.31 Å². The number of carbonyl (C=O) groups excluding carboxylic acids is 1. The highest BCUT2D eigenvalue weighted by molar-refractivity contribution is 9.11. The van der Waals surface area contributed by atoms with Crippen molar-refractivity contribution in [2.45, 2.75) is 18.1 Å². The van der Waals surface area contributed by atoms with Crippen LogP contribution in [0.1, 0.15) is 13.8 Å². The molecular formula is C10H14BrClN2O3S2. The van der Waals surface area contributed by atoms with Crippen LogP contribution < -0.4 is 5.73 Å². The van der Waals surface area contributed by atoms with Crippen LogP contribution in [-0.4, -0.2) is 31.7 Å². The number of rotatable bonds is 6. The van der Waals surface area contributed by atoms with Gasteiger partial charge in [-0.15, -0.1) is 11.3 Å². The van der Waals surface area contributed by atoms with Crippen LogP contribution in [0.2, 0.25) is 5.02 Å². The van der Waals surface area contributed by atoms with Crippen molar-refractivity contribution in [2.75, 3.05) is 13.1 Å². The molecule has 0 bridgehead atoms. The molecule has 0 atom stereocenters. The topological polar surface area (TPSA) is 80.5 Å². The lowest BCUT2D eigenvalue weighted by atomic mass is 10.2. The number of hydrogen-bond acceptors (Lipinski definition) is 4. The highest BCUT2D eigenvalue weighted by atomic mass is 79.9. The maximum atomic E-state index is 12.4.